The summed E-state index contributed by atoms with van der Waals surface area (Å²) >= 11 is 3.24. The lowest BCUT2D eigenvalue weighted by Crippen LogP contribution is -2.46. The van der Waals surface area contributed by atoms with Crippen molar-refractivity contribution in [2.75, 3.05) is 25.5 Å². The number of aliphatic hydroxyl groups is 1. The molecule has 0 atom stereocenters. The molecule has 0 unspecified atom stereocenters. The van der Waals surface area contributed by atoms with Crippen molar-refractivity contribution in [3.05, 3.63) is 22.2 Å². The minimum absolute atomic E-state index is 0.0372. The maximum atomic E-state index is 12.4. The summed E-state index contributed by atoms with van der Waals surface area (Å²) < 4.78 is 33.1. The van der Waals surface area contributed by atoms with Crippen LogP contribution in [-0.4, -0.2) is 38.9 Å². The molecule has 1 aliphatic rings. The molecule has 0 radical (unpaired) electrons. The molecule has 0 saturated carbocycles. The highest BCUT2D eigenvalue weighted by atomic mass is 79.9. The maximum Gasteiger partial charge on any atom is 0.241 e. The molecule has 1 aliphatic heterocycles. The molecule has 0 amide bonds. The summed E-state index contributed by atoms with van der Waals surface area (Å²) in [5, 5.41) is 10.3. The van der Waals surface area contributed by atoms with E-state index in [-0.39, 0.29) is 11.4 Å². The first-order chi connectivity index (χ1) is 9.73. The van der Waals surface area contributed by atoms with Gasteiger partial charge in [0.05, 0.1) is 10.5 Å². The molecule has 4 N–H and O–H groups in total. The summed E-state index contributed by atoms with van der Waals surface area (Å²) in [6.45, 7) is 2.48. The minimum atomic E-state index is -3.73. The van der Waals surface area contributed by atoms with Gasteiger partial charge in [-0.2, -0.15) is 0 Å². The summed E-state index contributed by atoms with van der Waals surface area (Å²) in [5.74, 6) is 0. The molecular weight excluding hydrogens is 360 g/mol. The van der Waals surface area contributed by atoms with E-state index in [1.165, 1.54) is 6.07 Å². The van der Waals surface area contributed by atoms with Crippen LogP contribution in [0.5, 0.6) is 0 Å². The Bertz CT molecular complexity index is 627. The van der Waals surface area contributed by atoms with Gasteiger partial charge in [-0.3, -0.25) is 0 Å². The van der Waals surface area contributed by atoms with Crippen molar-refractivity contribution in [3.63, 3.8) is 0 Å². The second kappa shape index (κ2) is 6.21. The monoisotopic (exact) mass is 378 g/mol. The quantitative estimate of drug-likeness (QED) is 0.682. The second-order valence-corrected chi connectivity index (χ2v) is 7.93. The van der Waals surface area contributed by atoms with E-state index in [4.69, 9.17) is 10.5 Å². The third-order valence-electron chi connectivity index (χ3n) is 3.67. The van der Waals surface area contributed by atoms with Crippen LogP contribution in [0.1, 0.15) is 18.4 Å². The SMILES string of the molecule is Cc1c(N)cc(Br)cc1S(=O)(=O)NCC1(O)CCOCC1. The van der Waals surface area contributed by atoms with Gasteiger partial charge in [-0.05, 0) is 24.6 Å². The molecule has 0 aromatic heterocycles. The Morgan fingerprint density at radius 1 is 1.43 bits per heavy atom. The van der Waals surface area contributed by atoms with Crippen LogP contribution < -0.4 is 10.5 Å². The largest absolute Gasteiger partial charge is 0.398 e. The van der Waals surface area contributed by atoms with Gasteiger partial charge in [0.1, 0.15) is 0 Å². The number of sulfonamides is 1. The zero-order valence-electron chi connectivity index (χ0n) is 11.7. The first kappa shape index (κ1) is 16.7. The van der Waals surface area contributed by atoms with Crippen LogP contribution in [0.25, 0.3) is 0 Å². The number of halogens is 1. The smallest absolute Gasteiger partial charge is 0.241 e. The standard InChI is InChI=1S/C13H19BrN2O4S/c1-9-11(15)6-10(14)7-12(9)21(18,19)16-8-13(17)2-4-20-5-3-13/h6-7,16-17H,2-5,8,15H2,1H3. The Balaban J connectivity index is 2.19. The molecule has 0 aliphatic carbocycles. The molecule has 0 bridgehead atoms. The van der Waals surface area contributed by atoms with Crippen LogP contribution >= 0.6 is 15.9 Å². The predicted molar refractivity (Wildman–Crippen MR) is 83.5 cm³/mol. The first-order valence-electron chi connectivity index (χ1n) is 6.59. The van der Waals surface area contributed by atoms with Crippen molar-refractivity contribution in [1.29, 1.82) is 0 Å². The number of hydrogen-bond acceptors (Lipinski definition) is 5. The van der Waals surface area contributed by atoms with Crippen LogP contribution in [0.15, 0.2) is 21.5 Å². The lowest BCUT2D eigenvalue weighted by atomic mass is 9.95. The minimum Gasteiger partial charge on any atom is -0.398 e. The number of nitrogens with two attached hydrogens (primary N) is 1. The number of ether oxygens (including phenoxy) is 1. The van der Waals surface area contributed by atoms with Gasteiger partial charge in [-0.15, -0.1) is 0 Å². The third kappa shape index (κ3) is 3.95. The topological polar surface area (TPSA) is 102 Å². The van der Waals surface area contributed by atoms with E-state index in [0.717, 1.165) is 0 Å². The Kier molecular flexibility index (Phi) is 4.94. The molecule has 2 rings (SSSR count). The van der Waals surface area contributed by atoms with Crippen molar-refractivity contribution in [2.45, 2.75) is 30.3 Å². The van der Waals surface area contributed by atoms with Crippen molar-refractivity contribution < 1.29 is 18.3 Å². The van der Waals surface area contributed by atoms with Crippen molar-refractivity contribution >= 4 is 31.6 Å². The highest BCUT2D eigenvalue weighted by molar-refractivity contribution is 9.10. The van der Waals surface area contributed by atoms with Crippen LogP contribution in [0.2, 0.25) is 0 Å². The maximum absolute atomic E-state index is 12.4. The molecule has 1 aromatic rings. The van der Waals surface area contributed by atoms with Gasteiger partial charge in [0.25, 0.3) is 0 Å². The summed E-state index contributed by atoms with van der Waals surface area (Å²) in [6.07, 6.45) is 0.824. The first-order valence-corrected chi connectivity index (χ1v) is 8.87. The van der Waals surface area contributed by atoms with Gasteiger partial charge in [0, 0.05) is 42.8 Å². The summed E-state index contributed by atoms with van der Waals surface area (Å²) in [4.78, 5) is 0.116. The van der Waals surface area contributed by atoms with E-state index in [1.807, 2.05) is 0 Å². The molecule has 1 saturated heterocycles. The zero-order valence-corrected chi connectivity index (χ0v) is 14.1. The highest BCUT2D eigenvalue weighted by Gasteiger charge is 2.32. The molecule has 21 heavy (non-hydrogen) atoms. The van der Waals surface area contributed by atoms with E-state index in [0.29, 0.717) is 41.8 Å². The van der Waals surface area contributed by atoms with Crippen molar-refractivity contribution in [1.82, 2.24) is 4.72 Å². The van der Waals surface area contributed by atoms with Crippen molar-refractivity contribution in [2.24, 2.45) is 0 Å². The van der Waals surface area contributed by atoms with Crippen molar-refractivity contribution in [3.8, 4) is 0 Å². The normalized spacial score (nSPS) is 18.6. The van der Waals surface area contributed by atoms with Gasteiger partial charge >= 0.3 is 0 Å². The number of nitrogens with one attached hydrogen (secondary N) is 1. The summed E-state index contributed by atoms with van der Waals surface area (Å²) in [5.41, 5.74) is 5.62. The number of benzene rings is 1. The fourth-order valence-corrected chi connectivity index (χ4v) is 4.23. The molecular formula is C13H19BrN2O4S. The average Bonchev–Trinajstić information content (AvgIpc) is 2.42. The number of anilines is 1. The number of hydrogen-bond donors (Lipinski definition) is 3. The highest BCUT2D eigenvalue weighted by Crippen LogP contribution is 2.27. The average molecular weight is 379 g/mol. The Labute approximate surface area is 132 Å². The predicted octanol–water partition coefficient (Wildman–Crippen LogP) is 1.16. The van der Waals surface area contributed by atoms with Gasteiger partial charge in [0.15, 0.2) is 0 Å². The third-order valence-corrected chi connectivity index (χ3v) is 5.65. The molecule has 1 fully saturated rings. The van der Waals surface area contributed by atoms with E-state index in [1.54, 1.807) is 13.0 Å². The molecule has 1 aromatic carbocycles. The molecule has 118 valence electrons. The Hall–Kier alpha value is -0.670. The molecule has 6 nitrogen and oxygen atoms in total. The van der Waals surface area contributed by atoms with E-state index >= 15 is 0 Å². The fourth-order valence-electron chi connectivity index (χ4n) is 2.19. The van der Waals surface area contributed by atoms with E-state index in [2.05, 4.69) is 20.7 Å². The molecule has 8 heteroatoms. The van der Waals surface area contributed by atoms with Gasteiger partial charge in [0.2, 0.25) is 10.0 Å². The summed E-state index contributed by atoms with van der Waals surface area (Å²) in [7, 11) is -3.73. The van der Waals surface area contributed by atoms with Crippen LogP contribution in [0.3, 0.4) is 0 Å². The summed E-state index contributed by atoms with van der Waals surface area (Å²) in [6, 6.07) is 3.16. The molecule has 0 spiro atoms. The van der Waals surface area contributed by atoms with Gasteiger partial charge in [-0.25, -0.2) is 13.1 Å². The van der Waals surface area contributed by atoms with Gasteiger partial charge < -0.3 is 15.6 Å². The van der Waals surface area contributed by atoms with E-state index in [9.17, 15) is 13.5 Å². The zero-order chi connectivity index (χ0) is 15.7. The lowest BCUT2D eigenvalue weighted by molar-refractivity contribution is -0.0588. The van der Waals surface area contributed by atoms with Crippen LogP contribution in [0.4, 0.5) is 5.69 Å². The Morgan fingerprint density at radius 2 is 2.05 bits per heavy atom. The second-order valence-electron chi connectivity index (χ2n) is 5.28. The van der Waals surface area contributed by atoms with Gasteiger partial charge in [-0.1, -0.05) is 15.9 Å². The van der Waals surface area contributed by atoms with Crippen LogP contribution in [-0.2, 0) is 14.8 Å². The number of nitrogen functional groups attached to an aromatic ring is 1. The van der Waals surface area contributed by atoms with E-state index < -0.39 is 15.6 Å². The van der Waals surface area contributed by atoms with Crippen LogP contribution in [0, 0.1) is 6.92 Å². The molecule has 1 heterocycles. The number of rotatable bonds is 4. The lowest BCUT2D eigenvalue weighted by Gasteiger charge is -2.32. The fraction of sp³-hybridized carbons (Fsp3) is 0.538. The Morgan fingerprint density at radius 3 is 2.67 bits per heavy atom.